The maximum Gasteiger partial charge on any atom is 0.254 e. The Balaban J connectivity index is 1.85. The van der Waals surface area contributed by atoms with Gasteiger partial charge in [0.2, 0.25) is 5.95 Å². The molecule has 84 valence electrons. The number of carbonyl (C=O) groups excluding carboxylic acids is 1. The van der Waals surface area contributed by atoms with Crippen LogP contribution in [0.15, 0.2) is 6.20 Å². The average Bonchev–Trinajstić information content (AvgIpc) is 2.10. The van der Waals surface area contributed by atoms with Crippen molar-refractivity contribution in [2.45, 2.75) is 18.9 Å². The molecule has 2 bridgehead atoms. The lowest BCUT2D eigenvalue weighted by Crippen LogP contribution is -2.59. The minimum Gasteiger partial charge on any atom is -0.368 e. The van der Waals surface area contributed by atoms with E-state index in [1.807, 2.05) is 0 Å². The molecule has 0 aliphatic heterocycles. The van der Waals surface area contributed by atoms with Gasteiger partial charge in [0.05, 0.1) is 5.56 Å². The number of primary amides is 1. The number of nitrogens with two attached hydrogens (primary N) is 2. The van der Waals surface area contributed by atoms with Gasteiger partial charge in [0.25, 0.3) is 5.91 Å². The maximum atomic E-state index is 11.2. The van der Waals surface area contributed by atoms with Crippen molar-refractivity contribution < 1.29 is 4.79 Å². The van der Waals surface area contributed by atoms with E-state index in [0.717, 1.165) is 11.8 Å². The van der Waals surface area contributed by atoms with Crippen LogP contribution < -0.4 is 16.8 Å². The molecule has 1 amide bonds. The van der Waals surface area contributed by atoms with Gasteiger partial charge in [0.15, 0.2) is 0 Å². The fourth-order valence-corrected chi connectivity index (χ4v) is 2.37. The summed E-state index contributed by atoms with van der Waals surface area (Å²) in [5.74, 6) is 1.54. The molecular formula is C10H13N5O. The summed E-state index contributed by atoms with van der Waals surface area (Å²) in [6.07, 6.45) is 3.94. The van der Waals surface area contributed by atoms with Crippen LogP contribution >= 0.6 is 0 Å². The van der Waals surface area contributed by atoms with E-state index >= 15 is 0 Å². The number of anilines is 2. The highest BCUT2D eigenvalue weighted by Crippen LogP contribution is 2.54. The van der Waals surface area contributed by atoms with Crippen LogP contribution in [-0.2, 0) is 0 Å². The molecule has 1 heterocycles. The zero-order chi connectivity index (χ0) is 11.3. The van der Waals surface area contributed by atoms with E-state index in [4.69, 9.17) is 11.5 Å². The molecule has 0 atom stereocenters. The first-order valence-electron chi connectivity index (χ1n) is 5.34. The number of nitrogens with one attached hydrogen (secondary N) is 1. The highest BCUT2D eigenvalue weighted by molar-refractivity contribution is 5.97. The number of aromatic nitrogens is 2. The molecule has 0 radical (unpaired) electrons. The van der Waals surface area contributed by atoms with Gasteiger partial charge in [0, 0.05) is 12.2 Å². The number of hydrogen-bond acceptors (Lipinski definition) is 5. The van der Waals surface area contributed by atoms with E-state index in [-0.39, 0.29) is 5.95 Å². The van der Waals surface area contributed by atoms with E-state index in [1.165, 1.54) is 19.0 Å². The second-order valence-corrected chi connectivity index (χ2v) is 4.52. The quantitative estimate of drug-likeness (QED) is 0.662. The van der Waals surface area contributed by atoms with Crippen LogP contribution in [0, 0.1) is 11.8 Å². The highest BCUT2D eigenvalue weighted by Gasteiger charge is 2.52. The Labute approximate surface area is 92.4 Å². The predicted molar refractivity (Wildman–Crippen MR) is 58.6 cm³/mol. The lowest BCUT2D eigenvalue weighted by molar-refractivity contribution is -0.00414. The van der Waals surface area contributed by atoms with Crippen molar-refractivity contribution in [2.75, 3.05) is 11.1 Å². The van der Waals surface area contributed by atoms with Crippen LogP contribution in [0.4, 0.5) is 11.8 Å². The molecule has 0 spiro atoms. The molecule has 0 aromatic carbocycles. The summed E-state index contributed by atoms with van der Waals surface area (Å²) in [6.45, 7) is 0. The normalized spacial score (nSPS) is 30.1. The minimum atomic E-state index is -0.532. The fourth-order valence-electron chi connectivity index (χ4n) is 2.37. The van der Waals surface area contributed by atoms with E-state index in [9.17, 15) is 4.79 Å². The first kappa shape index (κ1) is 9.38. The third-order valence-electron chi connectivity index (χ3n) is 3.60. The SMILES string of the molecule is NC(=O)c1cnc(N)nc1NC1C2CC1C2. The number of nitrogens with zero attached hydrogens (tertiary/aromatic N) is 2. The molecule has 6 nitrogen and oxygen atoms in total. The molecule has 0 saturated heterocycles. The Bertz CT molecular complexity index is 447. The topological polar surface area (TPSA) is 107 Å². The van der Waals surface area contributed by atoms with Crippen molar-refractivity contribution in [1.82, 2.24) is 9.97 Å². The number of carbonyl (C=O) groups is 1. The van der Waals surface area contributed by atoms with Crippen LogP contribution in [0.3, 0.4) is 0 Å². The molecule has 1 aromatic rings. The molecule has 5 N–H and O–H groups in total. The zero-order valence-electron chi connectivity index (χ0n) is 8.68. The Morgan fingerprint density at radius 2 is 2.12 bits per heavy atom. The van der Waals surface area contributed by atoms with E-state index < -0.39 is 5.91 Å². The molecule has 3 aliphatic rings. The summed E-state index contributed by atoms with van der Waals surface area (Å²) in [5.41, 5.74) is 11.0. The molecular weight excluding hydrogens is 206 g/mol. The van der Waals surface area contributed by atoms with Gasteiger partial charge in [-0.05, 0) is 24.7 Å². The van der Waals surface area contributed by atoms with Crippen molar-refractivity contribution in [2.24, 2.45) is 17.6 Å². The Hall–Kier alpha value is -1.85. The Morgan fingerprint density at radius 3 is 2.62 bits per heavy atom. The monoisotopic (exact) mass is 219 g/mol. The average molecular weight is 219 g/mol. The minimum absolute atomic E-state index is 0.153. The van der Waals surface area contributed by atoms with Gasteiger partial charge in [-0.25, -0.2) is 4.98 Å². The fraction of sp³-hybridized carbons (Fsp3) is 0.500. The third-order valence-corrected chi connectivity index (χ3v) is 3.60. The molecule has 16 heavy (non-hydrogen) atoms. The van der Waals surface area contributed by atoms with E-state index in [0.29, 0.717) is 17.4 Å². The van der Waals surface area contributed by atoms with Crippen LogP contribution in [0.1, 0.15) is 23.2 Å². The molecule has 3 saturated carbocycles. The first-order valence-corrected chi connectivity index (χ1v) is 5.34. The molecule has 6 heteroatoms. The molecule has 3 fully saturated rings. The lowest BCUT2D eigenvalue weighted by Gasteiger charge is -2.58. The maximum absolute atomic E-state index is 11.2. The lowest BCUT2D eigenvalue weighted by atomic mass is 9.52. The molecule has 1 aromatic heterocycles. The summed E-state index contributed by atoms with van der Waals surface area (Å²) in [6, 6.07) is 0.437. The number of amides is 1. The third kappa shape index (κ3) is 1.22. The summed E-state index contributed by atoms with van der Waals surface area (Å²) in [5, 5.41) is 3.24. The predicted octanol–water partition coefficient (Wildman–Crippen LogP) is -0.0220. The number of hydrogen-bond donors (Lipinski definition) is 3. The van der Waals surface area contributed by atoms with E-state index in [1.54, 1.807) is 0 Å². The van der Waals surface area contributed by atoms with Crippen molar-refractivity contribution in [1.29, 1.82) is 0 Å². The Kier molecular flexibility index (Phi) is 1.80. The smallest absolute Gasteiger partial charge is 0.254 e. The van der Waals surface area contributed by atoms with Crippen molar-refractivity contribution >= 4 is 17.7 Å². The van der Waals surface area contributed by atoms with Crippen LogP contribution in [0.2, 0.25) is 0 Å². The highest BCUT2D eigenvalue weighted by atomic mass is 16.1. The van der Waals surface area contributed by atoms with Gasteiger partial charge in [-0.2, -0.15) is 4.98 Å². The summed E-state index contributed by atoms with van der Waals surface area (Å²) >= 11 is 0. The zero-order valence-corrected chi connectivity index (χ0v) is 8.68. The van der Waals surface area contributed by atoms with Gasteiger partial charge in [-0.1, -0.05) is 0 Å². The largest absolute Gasteiger partial charge is 0.368 e. The van der Waals surface area contributed by atoms with Crippen LogP contribution in [0.25, 0.3) is 0 Å². The summed E-state index contributed by atoms with van der Waals surface area (Å²) in [7, 11) is 0. The van der Waals surface area contributed by atoms with Crippen LogP contribution in [0.5, 0.6) is 0 Å². The Morgan fingerprint density at radius 1 is 1.44 bits per heavy atom. The number of nitrogen functional groups attached to an aromatic ring is 1. The first-order chi connectivity index (χ1) is 7.65. The van der Waals surface area contributed by atoms with Gasteiger partial charge in [-0.15, -0.1) is 0 Å². The summed E-state index contributed by atoms with van der Waals surface area (Å²) < 4.78 is 0. The molecule has 3 aliphatic carbocycles. The number of rotatable bonds is 3. The van der Waals surface area contributed by atoms with Gasteiger partial charge in [0.1, 0.15) is 5.82 Å². The second kappa shape index (κ2) is 3.07. The van der Waals surface area contributed by atoms with Crippen molar-refractivity contribution in [3.63, 3.8) is 0 Å². The van der Waals surface area contributed by atoms with E-state index in [2.05, 4.69) is 15.3 Å². The second-order valence-electron chi connectivity index (χ2n) is 4.52. The van der Waals surface area contributed by atoms with Gasteiger partial charge < -0.3 is 16.8 Å². The van der Waals surface area contributed by atoms with Gasteiger partial charge >= 0.3 is 0 Å². The standard InChI is InChI=1S/C10H13N5O/c11-8(16)6-3-13-10(12)15-9(6)14-7-4-1-5(7)2-4/h3-5,7H,1-2H2,(H2,11,16)(H3,12,13,14,15). The van der Waals surface area contributed by atoms with Crippen LogP contribution in [-0.4, -0.2) is 21.9 Å². The molecule has 0 unspecified atom stereocenters. The summed E-state index contributed by atoms with van der Waals surface area (Å²) in [4.78, 5) is 19.0. The van der Waals surface area contributed by atoms with Gasteiger partial charge in [-0.3, -0.25) is 4.79 Å². The molecule has 4 rings (SSSR count). The van der Waals surface area contributed by atoms with Crippen molar-refractivity contribution in [3.8, 4) is 0 Å². The van der Waals surface area contributed by atoms with Crippen molar-refractivity contribution in [3.05, 3.63) is 11.8 Å².